The van der Waals surface area contributed by atoms with Crippen LogP contribution in [0.4, 0.5) is 0 Å². The van der Waals surface area contributed by atoms with Crippen LogP contribution in [0.15, 0.2) is 42.5 Å². The molecule has 0 saturated carbocycles. The lowest BCUT2D eigenvalue weighted by Gasteiger charge is -2.19. The number of alkyl halides is 1. The Morgan fingerprint density at radius 3 is 2.42 bits per heavy atom. The van der Waals surface area contributed by atoms with Crippen molar-refractivity contribution in [1.82, 2.24) is 0 Å². The van der Waals surface area contributed by atoms with Gasteiger partial charge in [-0.1, -0.05) is 57.9 Å². The summed E-state index contributed by atoms with van der Waals surface area (Å²) in [6.45, 7) is 0. The minimum atomic E-state index is 0.221. The number of hydrogen-bond donors (Lipinski definition) is 0. The van der Waals surface area contributed by atoms with Gasteiger partial charge in [-0.05, 0) is 60.1 Å². The van der Waals surface area contributed by atoms with Crippen molar-refractivity contribution in [1.29, 1.82) is 0 Å². The first-order valence-corrected chi connectivity index (χ1v) is 8.04. The molecule has 98 valence electrons. The van der Waals surface area contributed by atoms with E-state index in [4.69, 9.17) is 11.6 Å². The smallest absolute Gasteiger partial charge is 0.0645 e. The van der Waals surface area contributed by atoms with Gasteiger partial charge in [0.1, 0.15) is 0 Å². The number of aryl methyl sites for hydroxylation is 2. The van der Waals surface area contributed by atoms with E-state index in [2.05, 4.69) is 40.2 Å². The van der Waals surface area contributed by atoms with Crippen LogP contribution in [0.3, 0.4) is 0 Å². The van der Waals surface area contributed by atoms with Crippen LogP contribution in [0.25, 0.3) is 0 Å². The van der Waals surface area contributed by atoms with Crippen molar-refractivity contribution in [3.63, 3.8) is 0 Å². The second-order valence-electron chi connectivity index (χ2n) is 5.15. The lowest BCUT2D eigenvalue weighted by Crippen LogP contribution is -2.04. The molecule has 3 rings (SSSR count). The van der Waals surface area contributed by atoms with Crippen molar-refractivity contribution in [3.8, 4) is 0 Å². The maximum absolute atomic E-state index is 6.07. The molecule has 0 fully saturated rings. The van der Waals surface area contributed by atoms with E-state index in [0.717, 1.165) is 5.02 Å². The zero-order valence-electron chi connectivity index (χ0n) is 10.7. The molecule has 2 heteroatoms. The molecule has 0 aliphatic heterocycles. The van der Waals surface area contributed by atoms with E-state index in [0.29, 0.717) is 0 Å². The Labute approximate surface area is 127 Å². The van der Waals surface area contributed by atoms with E-state index in [1.165, 1.54) is 47.9 Å². The van der Waals surface area contributed by atoms with E-state index in [9.17, 15) is 0 Å². The van der Waals surface area contributed by atoms with Crippen LogP contribution in [-0.4, -0.2) is 0 Å². The summed E-state index contributed by atoms with van der Waals surface area (Å²) in [5, 5.41) is 0.792. The molecule has 1 atom stereocenters. The van der Waals surface area contributed by atoms with Gasteiger partial charge in [0.15, 0.2) is 0 Å². The standard InChI is InChI=1S/C17H16BrCl/c18-17(14-6-3-7-16(19)11-14)15-9-8-12-4-1-2-5-13(12)10-15/h3,6-11,17H,1-2,4-5H2. The fraction of sp³-hybridized carbons (Fsp3) is 0.294. The van der Waals surface area contributed by atoms with E-state index in [-0.39, 0.29) is 4.83 Å². The van der Waals surface area contributed by atoms with Crippen molar-refractivity contribution in [3.05, 3.63) is 69.7 Å². The first-order valence-electron chi connectivity index (χ1n) is 6.75. The quantitative estimate of drug-likeness (QED) is 0.617. The largest absolute Gasteiger partial charge is 0.0843 e. The zero-order chi connectivity index (χ0) is 13.2. The third-order valence-corrected chi connectivity index (χ3v) is 5.10. The summed E-state index contributed by atoms with van der Waals surface area (Å²) < 4.78 is 0. The number of rotatable bonds is 2. The van der Waals surface area contributed by atoms with Crippen LogP contribution in [0.2, 0.25) is 5.02 Å². The van der Waals surface area contributed by atoms with Crippen molar-refractivity contribution in [2.24, 2.45) is 0 Å². The molecule has 19 heavy (non-hydrogen) atoms. The second-order valence-corrected chi connectivity index (χ2v) is 6.50. The highest BCUT2D eigenvalue weighted by molar-refractivity contribution is 9.09. The molecule has 0 saturated heterocycles. The summed E-state index contributed by atoms with van der Waals surface area (Å²) in [7, 11) is 0. The molecule has 0 bridgehead atoms. The molecule has 0 radical (unpaired) electrons. The first-order chi connectivity index (χ1) is 9.24. The monoisotopic (exact) mass is 334 g/mol. The van der Waals surface area contributed by atoms with Crippen molar-refractivity contribution >= 4 is 27.5 Å². The molecule has 1 aliphatic rings. The molecule has 0 spiro atoms. The predicted octanol–water partition coefficient (Wildman–Crippen LogP) is 5.70. The van der Waals surface area contributed by atoms with Gasteiger partial charge < -0.3 is 0 Å². The van der Waals surface area contributed by atoms with Gasteiger partial charge in [-0.2, -0.15) is 0 Å². The average molecular weight is 336 g/mol. The molecule has 1 unspecified atom stereocenters. The topological polar surface area (TPSA) is 0 Å². The molecule has 1 aliphatic carbocycles. The molecule has 0 heterocycles. The summed E-state index contributed by atoms with van der Waals surface area (Å²) >= 11 is 9.87. The molecular weight excluding hydrogens is 320 g/mol. The molecule has 0 amide bonds. The number of benzene rings is 2. The van der Waals surface area contributed by atoms with Crippen LogP contribution in [0, 0.1) is 0 Å². The van der Waals surface area contributed by atoms with Crippen LogP contribution < -0.4 is 0 Å². The Bertz CT molecular complexity index is 592. The van der Waals surface area contributed by atoms with Gasteiger partial charge in [0.05, 0.1) is 4.83 Å². The lowest BCUT2D eigenvalue weighted by molar-refractivity contribution is 0.684. The van der Waals surface area contributed by atoms with Gasteiger partial charge in [-0.25, -0.2) is 0 Å². The third kappa shape index (κ3) is 2.88. The Morgan fingerprint density at radius 1 is 0.895 bits per heavy atom. The van der Waals surface area contributed by atoms with E-state index < -0.39 is 0 Å². The highest BCUT2D eigenvalue weighted by Crippen LogP contribution is 2.34. The van der Waals surface area contributed by atoms with Crippen LogP contribution in [-0.2, 0) is 12.8 Å². The summed E-state index contributed by atoms with van der Waals surface area (Å²) in [4.78, 5) is 0.221. The maximum Gasteiger partial charge on any atom is 0.0645 e. The van der Waals surface area contributed by atoms with Crippen molar-refractivity contribution < 1.29 is 0 Å². The maximum atomic E-state index is 6.07. The highest BCUT2D eigenvalue weighted by atomic mass is 79.9. The van der Waals surface area contributed by atoms with E-state index in [1.54, 1.807) is 0 Å². The molecule has 0 aromatic heterocycles. The number of halogens is 2. The van der Waals surface area contributed by atoms with Gasteiger partial charge in [-0.15, -0.1) is 0 Å². The van der Waals surface area contributed by atoms with Crippen LogP contribution in [0.5, 0.6) is 0 Å². The van der Waals surface area contributed by atoms with Crippen molar-refractivity contribution in [2.75, 3.05) is 0 Å². The van der Waals surface area contributed by atoms with Gasteiger partial charge in [0.25, 0.3) is 0 Å². The summed E-state index contributed by atoms with van der Waals surface area (Å²) in [6, 6.07) is 15.0. The van der Waals surface area contributed by atoms with Gasteiger partial charge >= 0.3 is 0 Å². The van der Waals surface area contributed by atoms with Crippen LogP contribution in [0.1, 0.15) is 39.9 Å². The fourth-order valence-corrected chi connectivity index (χ4v) is 3.54. The molecule has 2 aromatic carbocycles. The Kier molecular flexibility index (Phi) is 3.95. The average Bonchev–Trinajstić information content (AvgIpc) is 2.46. The van der Waals surface area contributed by atoms with Crippen molar-refractivity contribution in [2.45, 2.75) is 30.5 Å². The first kappa shape index (κ1) is 13.2. The molecule has 2 aromatic rings. The minimum Gasteiger partial charge on any atom is -0.0843 e. The number of fused-ring (bicyclic) bond motifs is 1. The fourth-order valence-electron chi connectivity index (χ4n) is 2.77. The molecule has 0 nitrogen and oxygen atoms in total. The summed E-state index contributed by atoms with van der Waals surface area (Å²) in [5.74, 6) is 0. The third-order valence-electron chi connectivity index (χ3n) is 3.81. The van der Waals surface area contributed by atoms with Gasteiger partial charge in [-0.3, -0.25) is 0 Å². The Morgan fingerprint density at radius 2 is 1.63 bits per heavy atom. The molecule has 0 N–H and O–H groups in total. The van der Waals surface area contributed by atoms with E-state index >= 15 is 0 Å². The lowest BCUT2D eigenvalue weighted by atomic mass is 9.89. The van der Waals surface area contributed by atoms with E-state index in [1.807, 2.05) is 18.2 Å². The summed E-state index contributed by atoms with van der Waals surface area (Å²) in [5.41, 5.74) is 5.59. The SMILES string of the molecule is Clc1cccc(C(Br)c2ccc3c(c2)CCCC3)c1. The minimum absolute atomic E-state index is 0.221. The second kappa shape index (κ2) is 5.68. The van der Waals surface area contributed by atoms with Gasteiger partial charge in [0.2, 0.25) is 0 Å². The molecular formula is C17H16BrCl. The highest BCUT2D eigenvalue weighted by Gasteiger charge is 2.14. The predicted molar refractivity (Wildman–Crippen MR) is 85.3 cm³/mol. The summed E-state index contributed by atoms with van der Waals surface area (Å²) in [6.07, 6.45) is 5.11. The number of hydrogen-bond acceptors (Lipinski definition) is 0. The zero-order valence-corrected chi connectivity index (χ0v) is 13.0. The van der Waals surface area contributed by atoms with Gasteiger partial charge in [0, 0.05) is 5.02 Å². The Balaban J connectivity index is 1.93. The normalized spacial score (nSPS) is 15.9. The Hall–Kier alpha value is -0.790. The van der Waals surface area contributed by atoms with Crippen LogP contribution >= 0.6 is 27.5 Å².